The van der Waals surface area contributed by atoms with Gasteiger partial charge in [0, 0.05) is 18.8 Å². The van der Waals surface area contributed by atoms with Crippen molar-refractivity contribution in [1.29, 1.82) is 0 Å². The van der Waals surface area contributed by atoms with E-state index in [1.165, 1.54) is 0 Å². The summed E-state index contributed by atoms with van der Waals surface area (Å²) in [6, 6.07) is 9.77. The minimum absolute atomic E-state index is 0.00152. The molecule has 1 aromatic carbocycles. The molecule has 3 rings (SSSR count). The van der Waals surface area contributed by atoms with Gasteiger partial charge in [-0.3, -0.25) is 9.36 Å². The van der Waals surface area contributed by atoms with Crippen molar-refractivity contribution in [1.82, 2.24) is 14.5 Å². The minimum atomic E-state index is -0.00152. The van der Waals surface area contributed by atoms with E-state index in [9.17, 15) is 4.79 Å². The zero-order valence-corrected chi connectivity index (χ0v) is 12.3. The molecule has 1 fully saturated rings. The van der Waals surface area contributed by atoms with Gasteiger partial charge in [0.2, 0.25) is 0 Å². The first-order valence-electron chi connectivity index (χ1n) is 7.17. The number of imidazole rings is 1. The lowest BCUT2D eigenvalue weighted by Crippen LogP contribution is -2.48. The molecular formula is C16H19N3O2. The third kappa shape index (κ3) is 2.83. The second-order valence-corrected chi connectivity index (χ2v) is 5.45. The lowest BCUT2D eigenvalue weighted by Gasteiger charge is -2.35. The van der Waals surface area contributed by atoms with Gasteiger partial charge in [0.25, 0.3) is 5.91 Å². The summed E-state index contributed by atoms with van der Waals surface area (Å²) in [5.74, 6) is -0.00152. The number of amides is 1. The van der Waals surface area contributed by atoms with E-state index in [4.69, 9.17) is 4.74 Å². The van der Waals surface area contributed by atoms with Crippen molar-refractivity contribution >= 4 is 5.91 Å². The van der Waals surface area contributed by atoms with Crippen LogP contribution in [0.3, 0.4) is 0 Å². The van der Waals surface area contributed by atoms with E-state index >= 15 is 0 Å². The van der Waals surface area contributed by atoms with Crippen molar-refractivity contribution in [2.75, 3.05) is 13.1 Å². The van der Waals surface area contributed by atoms with Gasteiger partial charge in [0.15, 0.2) is 0 Å². The second-order valence-electron chi connectivity index (χ2n) is 5.45. The summed E-state index contributed by atoms with van der Waals surface area (Å²) in [6.45, 7) is 5.21. The molecule has 0 bridgehead atoms. The standard InChI is InChI=1S/C16H19N3O2/c1-12-9-18(10-13(2)21-12)16(20)15-8-17-11-19(15)14-6-4-3-5-7-14/h3-8,11-13H,9-10H2,1-2H3/t12-,13-/m1/s1. The van der Waals surface area contributed by atoms with Crippen molar-refractivity contribution in [2.45, 2.75) is 26.1 Å². The topological polar surface area (TPSA) is 47.4 Å². The number of hydrogen-bond acceptors (Lipinski definition) is 3. The van der Waals surface area contributed by atoms with E-state index in [-0.39, 0.29) is 18.1 Å². The monoisotopic (exact) mass is 285 g/mol. The van der Waals surface area contributed by atoms with Crippen LogP contribution in [-0.4, -0.2) is 45.7 Å². The number of morpholine rings is 1. The fourth-order valence-electron chi connectivity index (χ4n) is 2.75. The van der Waals surface area contributed by atoms with E-state index in [2.05, 4.69) is 4.98 Å². The predicted molar refractivity (Wildman–Crippen MR) is 79.5 cm³/mol. The summed E-state index contributed by atoms with van der Waals surface area (Å²) < 4.78 is 7.51. The third-order valence-corrected chi connectivity index (χ3v) is 3.60. The smallest absolute Gasteiger partial charge is 0.272 e. The third-order valence-electron chi connectivity index (χ3n) is 3.60. The molecule has 2 atom stereocenters. The first-order valence-corrected chi connectivity index (χ1v) is 7.17. The highest BCUT2D eigenvalue weighted by atomic mass is 16.5. The summed E-state index contributed by atoms with van der Waals surface area (Å²) in [5.41, 5.74) is 1.52. The maximum absolute atomic E-state index is 12.8. The molecule has 0 spiro atoms. The zero-order chi connectivity index (χ0) is 14.8. The van der Waals surface area contributed by atoms with Crippen molar-refractivity contribution in [3.8, 4) is 5.69 Å². The highest BCUT2D eigenvalue weighted by Crippen LogP contribution is 2.17. The van der Waals surface area contributed by atoms with Gasteiger partial charge in [-0.05, 0) is 26.0 Å². The van der Waals surface area contributed by atoms with Crippen molar-refractivity contribution in [3.63, 3.8) is 0 Å². The molecular weight excluding hydrogens is 266 g/mol. The largest absolute Gasteiger partial charge is 0.372 e. The molecule has 21 heavy (non-hydrogen) atoms. The first-order chi connectivity index (χ1) is 10.1. The lowest BCUT2D eigenvalue weighted by atomic mass is 10.2. The van der Waals surface area contributed by atoms with Gasteiger partial charge >= 0.3 is 0 Å². The molecule has 0 unspecified atom stereocenters. The van der Waals surface area contributed by atoms with E-state index in [1.54, 1.807) is 12.5 Å². The summed E-state index contributed by atoms with van der Waals surface area (Å²) >= 11 is 0. The average molecular weight is 285 g/mol. The van der Waals surface area contributed by atoms with Crippen LogP contribution >= 0.6 is 0 Å². The van der Waals surface area contributed by atoms with Gasteiger partial charge < -0.3 is 9.64 Å². The number of aromatic nitrogens is 2. The summed E-state index contributed by atoms with van der Waals surface area (Å²) in [6.07, 6.45) is 3.42. The minimum Gasteiger partial charge on any atom is -0.372 e. The number of benzene rings is 1. The van der Waals surface area contributed by atoms with Gasteiger partial charge in [0.1, 0.15) is 5.69 Å². The molecule has 1 amide bonds. The number of carbonyl (C=O) groups is 1. The number of rotatable bonds is 2. The maximum atomic E-state index is 12.8. The van der Waals surface area contributed by atoms with Gasteiger partial charge in [-0.1, -0.05) is 18.2 Å². The van der Waals surface area contributed by atoms with Crippen LogP contribution in [0.2, 0.25) is 0 Å². The number of para-hydroxylation sites is 1. The van der Waals surface area contributed by atoms with Crippen LogP contribution in [0.4, 0.5) is 0 Å². The van der Waals surface area contributed by atoms with Gasteiger partial charge in [-0.2, -0.15) is 0 Å². The molecule has 0 saturated carbocycles. The molecule has 5 nitrogen and oxygen atoms in total. The maximum Gasteiger partial charge on any atom is 0.272 e. The average Bonchev–Trinajstić information content (AvgIpc) is 2.95. The molecule has 1 aliphatic heterocycles. The van der Waals surface area contributed by atoms with Crippen LogP contribution in [0.5, 0.6) is 0 Å². The van der Waals surface area contributed by atoms with Crippen molar-refractivity contribution in [3.05, 3.63) is 48.5 Å². The highest BCUT2D eigenvalue weighted by molar-refractivity contribution is 5.93. The molecule has 2 heterocycles. The summed E-state index contributed by atoms with van der Waals surface area (Å²) in [4.78, 5) is 18.7. The Balaban J connectivity index is 1.88. The number of carbonyl (C=O) groups excluding carboxylic acids is 1. The van der Waals surface area contributed by atoms with E-state index in [0.29, 0.717) is 18.8 Å². The van der Waals surface area contributed by atoms with E-state index < -0.39 is 0 Å². The quantitative estimate of drug-likeness (QED) is 0.849. The Morgan fingerprint density at radius 3 is 2.52 bits per heavy atom. The molecule has 1 aliphatic rings. The fraction of sp³-hybridized carbons (Fsp3) is 0.375. The first kappa shape index (κ1) is 13.8. The van der Waals surface area contributed by atoms with Crippen LogP contribution in [0.25, 0.3) is 5.69 Å². The molecule has 0 radical (unpaired) electrons. The van der Waals surface area contributed by atoms with Crippen LogP contribution in [0.1, 0.15) is 24.3 Å². The van der Waals surface area contributed by atoms with E-state index in [0.717, 1.165) is 5.69 Å². The fourth-order valence-corrected chi connectivity index (χ4v) is 2.75. The lowest BCUT2D eigenvalue weighted by molar-refractivity contribution is -0.0587. The Labute approximate surface area is 124 Å². The van der Waals surface area contributed by atoms with Crippen molar-refractivity contribution < 1.29 is 9.53 Å². The second kappa shape index (κ2) is 5.69. The molecule has 0 aliphatic carbocycles. The Morgan fingerprint density at radius 2 is 1.86 bits per heavy atom. The number of ether oxygens (including phenoxy) is 1. The van der Waals surface area contributed by atoms with Gasteiger partial charge in [0.05, 0.1) is 24.7 Å². The molecule has 1 aromatic heterocycles. The molecule has 110 valence electrons. The van der Waals surface area contributed by atoms with Crippen LogP contribution in [-0.2, 0) is 4.74 Å². The van der Waals surface area contributed by atoms with Crippen LogP contribution in [0, 0.1) is 0 Å². The Hall–Kier alpha value is -2.14. The van der Waals surface area contributed by atoms with Crippen molar-refractivity contribution in [2.24, 2.45) is 0 Å². The van der Waals surface area contributed by atoms with Gasteiger partial charge in [-0.25, -0.2) is 4.98 Å². The zero-order valence-electron chi connectivity index (χ0n) is 12.3. The molecule has 1 saturated heterocycles. The predicted octanol–water partition coefficient (Wildman–Crippen LogP) is 2.12. The molecule has 5 heteroatoms. The SMILES string of the molecule is C[C@@H]1CN(C(=O)c2cncn2-c2ccccc2)C[C@@H](C)O1. The Bertz CT molecular complexity index is 613. The Morgan fingerprint density at radius 1 is 1.19 bits per heavy atom. The highest BCUT2D eigenvalue weighted by Gasteiger charge is 2.28. The molecule has 0 N–H and O–H groups in total. The van der Waals surface area contributed by atoms with Crippen LogP contribution in [0.15, 0.2) is 42.9 Å². The number of hydrogen-bond donors (Lipinski definition) is 0. The molecule has 2 aromatic rings. The summed E-state index contributed by atoms with van der Waals surface area (Å²) in [7, 11) is 0. The Kier molecular flexibility index (Phi) is 3.75. The van der Waals surface area contributed by atoms with Gasteiger partial charge in [-0.15, -0.1) is 0 Å². The van der Waals surface area contributed by atoms with E-state index in [1.807, 2.05) is 53.6 Å². The summed E-state index contributed by atoms with van der Waals surface area (Å²) in [5, 5.41) is 0. The normalized spacial score (nSPS) is 22.3. The van der Waals surface area contributed by atoms with Crippen LogP contribution < -0.4 is 0 Å². The number of nitrogens with zero attached hydrogens (tertiary/aromatic N) is 3.